The monoisotopic (exact) mass is 417 g/mol. The maximum Gasteiger partial charge on any atom is 0.242 e. The van der Waals surface area contributed by atoms with E-state index >= 15 is 0 Å². The van der Waals surface area contributed by atoms with Crippen LogP contribution in [0.1, 0.15) is 10.8 Å². The maximum absolute atomic E-state index is 13.2. The summed E-state index contributed by atoms with van der Waals surface area (Å²) in [6.45, 7) is 0. The van der Waals surface area contributed by atoms with E-state index in [9.17, 15) is 4.79 Å². The molecule has 0 aliphatic heterocycles. The first-order valence-electron chi connectivity index (χ1n) is 9.25. The van der Waals surface area contributed by atoms with Crippen molar-refractivity contribution in [1.82, 2.24) is 20.2 Å². The molecule has 30 heavy (non-hydrogen) atoms. The fourth-order valence-electron chi connectivity index (χ4n) is 2.90. The lowest BCUT2D eigenvalue weighted by Crippen LogP contribution is -2.19. The first kappa shape index (κ1) is 19.7. The van der Waals surface area contributed by atoms with Crippen molar-refractivity contribution in [2.75, 3.05) is 12.4 Å². The van der Waals surface area contributed by atoms with Crippen LogP contribution in [0.15, 0.2) is 90.1 Å². The minimum absolute atomic E-state index is 0.179. The molecule has 4 aromatic rings. The Kier molecular flexibility index (Phi) is 6.05. The Balaban J connectivity index is 1.63. The van der Waals surface area contributed by atoms with Gasteiger partial charge < -0.3 is 10.1 Å². The van der Waals surface area contributed by atoms with Crippen molar-refractivity contribution in [2.24, 2.45) is 0 Å². The molecular weight excluding hydrogens is 398 g/mol. The Hall–Kier alpha value is -3.65. The molecular formula is C22H19N5O2S. The van der Waals surface area contributed by atoms with E-state index in [0.29, 0.717) is 16.6 Å². The van der Waals surface area contributed by atoms with Crippen molar-refractivity contribution >= 4 is 23.4 Å². The Morgan fingerprint density at radius 1 is 1.00 bits per heavy atom. The van der Waals surface area contributed by atoms with Crippen molar-refractivity contribution in [3.8, 4) is 11.4 Å². The van der Waals surface area contributed by atoms with E-state index in [4.69, 9.17) is 4.74 Å². The number of carbonyl (C=O) groups excluding carboxylic acids is 1. The molecule has 1 atom stereocenters. The van der Waals surface area contributed by atoms with Crippen LogP contribution in [0, 0.1) is 0 Å². The average Bonchev–Trinajstić information content (AvgIpc) is 3.27. The lowest BCUT2D eigenvalue weighted by Gasteiger charge is -2.17. The van der Waals surface area contributed by atoms with Crippen LogP contribution < -0.4 is 10.1 Å². The summed E-state index contributed by atoms with van der Waals surface area (Å²) in [5, 5.41) is 15.0. The highest BCUT2D eigenvalue weighted by Gasteiger charge is 2.25. The van der Waals surface area contributed by atoms with E-state index < -0.39 is 5.25 Å². The number of aromatic nitrogens is 4. The molecule has 0 unspecified atom stereocenters. The summed E-state index contributed by atoms with van der Waals surface area (Å²) in [7, 11) is 1.59. The molecule has 0 bridgehead atoms. The molecule has 1 aromatic heterocycles. The van der Waals surface area contributed by atoms with Crippen LogP contribution in [0.4, 0.5) is 5.69 Å². The highest BCUT2D eigenvalue weighted by molar-refractivity contribution is 8.00. The molecule has 0 saturated heterocycles. The number of thioether (sulfide) groups is 1. The number of nitrogens with zero attached hydrogens (tertiary/aromatic N) is 4. The molecule has 8 heteroatoms. The first-order chi connectivity index (χ1) is 14.7. The van der Waals surface area contributed by atoms with E-state index in [-0.39, 0.29) is 5.91 Å². The van der Waals surface area contributed by atoms with Gasteiger partial charge in [0.15, 0.2) is 0 Å². The number of hydrogen-bond acceptors (Lipinski definition) is 6. The van der Waals surface area contributed by atoms with Crippen LogP contribution >= 0.6 is 11.8 Å². The van der Waals surface area contributed by atoms with Crippen LogP contribution in [0.2, 0.25) is 0 Å². The number of amides is 1. The van der Waals surface area contributed by atoms with Gasteiger partial charge in [0.25, 0.3) is 0 Å². The van der Waals surface area contributed by atoms with Crippen molar-refractivity contribution in [3.05, 3.63) is 90.5 Å². The number of rotatable bonds is 7. The number of tetrazole rings is 1. The molecule has 150 valence electrons. The fraction of sp³-hybridized carbons (Fsp3) is 0.0909. The second kappa shape index (κ2) is 9.23. The molecule has 0 radical (unpaired) electrons. The Morgan fingerprint density at radius 2 is 1.73 bits per heavy atom. The van der Waals surface area contributed by atoms with Crippen LogP contribution in [-0.2, 0) is 4.79 Å². The second-order valence-corrected chi connectivity index (χ2v) is 7.41. The summed E-state index contributed by atoms with van der Waals surface area (Å²) < 4.78 is 6.87. The predicted octanol–water partition coefficient (Wildman–Crippen LogP) is 4.14. The molecule has 0 fully saturated rings. The number of para-hydroxylation sites is 1. The Labute approximate surface area is 178 Å². The summed E-state index contributed by atoms with van der Waals surface area (Å²) in [6.07, 6.45) is 0. The van der Waals surface area contributed by atoms with Gasteiger partial charge in [-0.1, -0.05) is 66.4 Å². The molecule has 3 aromatic carbocycles. The first-order valence-corrected chi connectivity index (χ1v) is 10.1. The normalized spacial score (nSPS) is 11.6. The molecule has 4 rings (SSSR count). The molecule has 0 saturated carbocycles. The highest BCUT2D eigenvalue weighted by atomic mass is 32.2. The van der Waals surface area contributed by atoms with E-state index in [1.165, 1.54) is 11.8 Å². The van der Waals surface area contributed by atoms with Crippen molar-refractivity contribution < 1.29 is 9.53 Å². The van der Waals surface area contributed by atoms with Gasteiger partial charge in [-0.3, -0.25) is 4.79 Å². The molecule has 1 heterocycles. The van der Waals surface area contributed by atoms with Crippen LogP contribution in [-0.4, -0.2) is 33.2 Å². The molecule has 0 spiro atoms. The molecule has 1 N–H and O–H groups in total. The van der Waals surface area contributed by atoms with E-state index in [0.717, 1.165) is 11.3 Å². The van der Waals surface area contributed by atoms with Gasteiger partial charge in [0, 0.05) is 11.8 Å². The van der Waals surface area contributed by atoms with Gasteiger partial charge in [0.1, 0.15) is 11.0 Å². The number of ether oxygens (including phenoxy) is 1. The minimum Gasteiger partial charge on any atom is -0.497 e. The zero-order valence-corrected chi connectivity index (χ0v) is 17.0. The zero-order chi connectivity index (χ0) is 20.8. The average molecular weight is 417 g/mol. The predicted molar refractivity (Wildman–Crippen MR) is 116 cm³/mol. The number of benzene rings is 3. The van der Waals surface area contributed by atoms with Crippen molar-refractivity contribution in [1.29, 1.82) is 0 Å². The molecule has 1 amide bonds. The van der Waals surface area contributed by atoms with Gasteiger partial charge in [-0.15, -0.1) is 5.10 Å². The molecule has 0 aliphatic rings. The lowest BCUT2D eigenvalue weighted by atomic mass is 10.1. The van der Waals surface area contributed by atoms with Crippen LogP contribution in [0.5, 0.6) is 5.75 Å². The quantitative estimate of drug-likeness (QED) is 0.455. The number of hydrogen-bond donors (Lipinski definition) is 1. The number of carbonyl (C=O) groups is 1. The topological polar surface area (TPSA) is 81.9 Å². The SMILES string of the molecule is COc1cccc(NC(=O)[C@H](Sc2nnnn2-c2ccccc2)c2ccccc2)c1. The smallest absolute Gasteiger partial charge is 0.242 e. The summed E-state index contributed by atoms with van der Waals surface area (Å²) in [6, 6.07) is 26.4. The zero-order valence-electron chi connectivity index (χ0n) is 16.2. The van der Waals surface area contributed by atoms with Crippen LogP contribution in [0.25, 0.3) is 5.69 Å². The number of methoxy groups -OCH3 is 1. The highest BCUT2D eigenvalue weighted by Crippen LogP contribution is 2.35. The Morgan fingerprint density at radius 3 is 2.47 bits per heavy atom. The van der Waals surface area contributed by atoms with Gasteiger partial charge in [-0.2, -0.15) is 4.68 Å². The maximum atomic E-state index is 13.2. The van der Waals surface area contributed by atoms with Gasteiger partial charge >= 0.3 is 0 Å². The third kappa shape index (κ3) is 4.49. The third-order valence-corrected chi connectivity index (χ3v) is 5.53. The third-order valence-electron chi connectivity index (χ3n) is 4.34. The van der Waals surface area contributed by atoms with Gasteiger partial charge in [0.2, 0.25) is 11.1 Å². The van der Waals surface area contributed by atoms with E-state index in [2.05, 4.69) is 20.8 Å². The number of anilines is 1. The summed E-state index contributed by atoms with van der Waals surface area (Å²) in [5.41, 5.74) is 2.33. The second-order valence-electron chi connectivity index (χ2n) is 6.34. The minimum atomic E-state index is -0.550. The molecule has 0 aliphatic carbocycles. The standard InChI is InChI=1S/C22H19N5O2S/c1-29-19-14-8-11-17(15-19)23-21(28)20(16-9-4-2-5-10-16)30-22-24-25-26-27(22)18-12-6-3-7-13-18/h2-15,20H,1H3,(H,23,28)/t20-/m1/s1. The lowest BCUT2D eigenvalue weighted by molar-refractivity contribution is -0.115. The number of nitrogens with one attached hydrogen (secondary N) is 1. The summed E-state index contributed by atoms with van der Waals surface area (Å²) in [5.74, 6) is 0.492. The van der Waals surface area contributed by atoms with Gasteiger partial charge in [-0.25, -0.2) is 0 Å². The fourth-order valence-corrected chi connectivity index (χ4v) is 3.89. The van der Waals surface area contributed by atoms with Crippen molar-refractivity contribution in [3.63, 3.8) is 0 Å². The van der Waals surface area contributed by atoms with Gasteiger partial charge in [-0.05, 0) is 40.3 Å². The van der Waals surface area contributed by atoms with Gasteiger partial charge in [0.05, 0.1) is 12.8 Å². The molecule has 7 nitrogen and oxygen atoms in total. The largest absolute Gasteiger partial charge is 0.497 e. The summed E-state index contributed by atoms with van der Waals surface area (Å²) in [4.78, 5) is 13.2. The summed E-state index contributed by atoms with van der Waals surface area (Å²) >= 11 is 1.29. The van der Waals surface area contributed by atoms with E-state index in [1.54, 1.807) is 17.9 Å². The van der Waals surface area contributed by atoms with Crippen LogP contribution in [0.3, 0.4) is 0 Å². The van der Waals surface area contributed by atoms with Crippen molar-refractivity contribution in [2.45, 2.75) is 10.4 Å². The Bertz CT molecular complexity index is 1120. The van der Waals surface area contributed by atoms with E-state index in [1.807, 2.05) is 78.9 Å².